The van der Waals surface area contributed by atoms with Crippen LogP contribution in [0, 0.1) is 0 Å². The average Bonchev–Trinajstić information content (AvgIpc) is 3.36. The molecule has 0 fully saturated rings. The van der Waals surface area contributed by atoms with Gasteiger partial charge in [0.05, 0.1) is 16.3 Å². The van der Waals surface area contributed by atoms with Crippen molar-refractivity contribution >= 4 is 48.5 Å². The average molecular weight is 548 g/mol. The van der Waals surface area contributed by atoms with Gasteiger partial charge in [0.2, 0.25) is 15.7 Å². The summed E-state index contributed by atoms with van der Waals surface area (Å²) in [6.45, 7) is -0.230. The predicted octanol–water partition coefficient (Wildman–Crippen LogP) is 2.77. The molecule has 0 aromatic heterocycles. The molecule has 178 valence electrons. The van der Waals surface area contributed by atoms with Gasteiger partial charge in [-0.05, 0) is 39.2 Å². The van der Waals surface area contributed by atoms with Crippen molar-refractivity contribution in [1.29, 1.82) is 0 Å². The van der Waals surface area contributed by atoms with E-state index >= 15 is 0 Å². The number of oxime groups is 1. The Morgan fingerprint density at radius 3 is 2.59 bits per heavy atom. The largest absolute Gasteiger partial charge is 0.444 e. The number of fused-ring (bicyclic) bond motifs is 1. The zero-order chi connectivity index (χ0) is 24.1. The first-order chi connectivity index (χ1) is 16.3. The van der Waals surface area contributed by atoms with Gasteiger partial charge in [-0.15, -0.1) is 0 Å². The van der Waals surface area contributed by atoms with Gasteiger partial charge in [-0.3, -0.25) is 4.79 Å². The Morgan fingerprint density at radius 2 is 1.88 bits per heavy atom. The van der Waals surface area contributed by atoms with E-state index in [4.69, 9.17) is 9.57 Å². The van der Waals surface area contributed by atoms with Crippen molar-refractivity contribution in [3.8, 4) is 0 Å². The molecule has 0 bridgehead atoms. The smallest absolute Gasteiger partial charge is 0.408 e. The standard InChI is InChI=1S/C23H22BrN3O6S/c24-21-12-17(33-27-21)13-25-22(28)19(10-15-6-2-1-3-7-15)26-23(29)32-14-18-11-16-8-4-5-9-20(16)34(18,30)31/h1-9,11,17,19H,10,12-14H2,(H,25,28)(H,26,29)/t17?,19-/m0/s1. The number of rotatable bonds is 8. The van der Waals surface area contributed by atoms with Crippen molar-refractivity contribution in [3.05, 3.63) is 70.6 Å². The van der Waals surface area contributed by atoms with Crippen LogP contribution in [0.1, 0.15) is 17.5 Å². The molecule has 2 aromatic carbocycles. The van der Waals surface area contributed by atoms with E-state index in [1.807, 2.05) is 30.3 Å². The van der Waals surface area contributed by atoms with E-state index < -0.39 is 34.5 Å². The minimum Gasteiger partial charge on any atom is -0.444 e. The normalized spacial score (nSPS) is 18.7. The van der Waals surface area contributed by atoms with Crippen molar-refractivity contribution in [1.82, 2.24) is 10.6 Å². The minimum atomic E-state index is -3.71. The van der Waals surface area contributed by atoms with Crippen molar-refractivity contribution < 1.29 is 27.6 Å². The Labute approximate surface area is 205 Å². The lowest BCUT2D eigenvalue weighted by Crippen LogP contribution is -2.49. The van der Waals surface area contributed by atoms with Crippen molar-refractivity contribution in [3.63, 3.8) is 0 Å². The molecule has 2 amide bonds. The summed E-state index contributed by atoms with van der Waals surface area (Å²) < 4.78 is 31.1. The molecule has 0 radical (unpaired) electrons. The number of nitrogens with zero attached hydrogens (tertiary/aromatic N) is 1. The van der Waals surface area contributed by atoms with Gasteiger partial charge in [0.15, 0.2) is 6.10 Å². The highest BCUT2D eigenvalue weighted by Crippen LogP contribution is 2.32. The van der Waals surface area contributed by atoms with Gasteiger partial charge in [-0.2, -0.15) is 0 Å². The third kappa shape index (κ3) is 5.65. The SMILES string of the molecule is O=C(N[C@@H](Cc1ccccc1)C(=O)NCC1CC(Br)=NO1)OCC1=Cc2ccccc2S1(=O)=O. The minimum absolute atomic E-state index is 0.0168. The monoisotopic (exact) mass is 547 g/mol. The fourth-order valence-electron chi connectivity index (χ4n) is 3.58. The topological polar surface area (TPSA) is 123 Å². The van der Waals surface area contributed by atoms with E-state index in [-0.39, 0.29) is 28.9 Å². The lowest BCUT2D eigenvalue weighted by atomic mass is 10.1. The molecular formula is C23H22BrN3O6S. The number of sulfone groups is 1. The first-order valence-electron chi connectivity index (χ1n) is 10.5. The number of halogens is 1. The third-order valence-corrected chi connectivity index (χ3v) is 7.65. The summed E-state index contributed by atoms with van der Waals surface area (Å²) in [6, 6.07) is 14.8. The molecule has 0 aliphatic carbocycles. The fourth-order valence-corrected chi connectivity index (χ4v) is 5.50. The Bertz CT molecular complexity index is 1250. The number of carbonyl (C=O) groups excluding carboxylic acids is 2. The van der Waals surface area contributed by atoms with Crippen LogP contribution in [0.3, 0.4) is 0 Å². The van der Waals surface area contributed by atoms with Crippen LogP contribution >= 0.6 is 15.9 Å². The molecule has 0 spiro atoms. The number of amides is 2. The van der Waals surface area contributed by atoms with Crippen LogP contribution in [0.25, 0.3) is 6.08 Å². The van der Waals surface area contributed by atoms with E-state index in [2.05, 4.69) is 31.7 Å². The second kappa shape index (κ2) is 10.4. The summed E-state index contributed by atoms with van der Waals surface area (Å²) >= 11 is 3.25. The predicted molar refractivity (Wildman–Crippen MR) is 129 cm³/mol. The molecule has 1 unspecified atom stereocenters. The number of ether oxygens (including phenoxy) is 1. The molecule has 2 aliphatic heterocycles. The maximum atomic E-state index is 12.8. The Kier molecular flexibility index (Phi) is 7.32. The number of hydrogen-bond acceptors (Lipinski definition) is 7. The first kappa shape index (κ1) is 24.0. The van der Waals surface area contributed by atoms with Crippen molar-refractivity contribution in [2.75, 3.05) is 13.2 Å². The fraction of sp³-hybridized carbons (Fsp3) is 0.261. The molecule has 2 N–H and O–H groups in total. The molecule has 0 saturated heterocycles. The van der Waals surface area contributed by atoms with Gasteiger partial charge >= 0.3 is 6.09 Å². The van der Waals surface area contributed by atoms with Gasteiger partial charge in [-0.25, -0.2) is 13.2 Å². The summed E-state index contributed by atoms with van der Waals surface area (Å²) in [5, 5.41) is 9.09. The molecular weight excluding hydrogens is 526 g/mol. The number of carbonyl (C=O) groups is 2. The highest BCUT2D eigenvalue weighted by atomic mass is 79.9. The summed E-state index contributed by atoms with van der Waals surface area (Å²) in [5.41, 5.74) is 1.38. The second-order valence-corrected chi connectivity index (χ2v) is 10.6. The van der Waals surface area contributed by atoms with Gasteiger partial charge < -0.3 is 20.2 Å². The van der Waals surface area contributed by atoms with Crippen LogP contribution in [-0.2, 0) is 30.6 Å². The number of hydrogen-bond donors (Lipinski definition) is 2. The van der Waals surface area contributed by atoms with E-state index in [9.17, 15) is 18.0 Å². The zero-order valence-electron chi connectivity index (χ0n) is 17.9. The van der Waals surface area contributed by atoms with Crippen LogP contribution in [0.5, 0.6) is 0 Å². The number of nitrogens with one attached hydrogen (secondary N) is 2. The van der Waals surface area contributed by atoms with E-state index in [1.165, 1.54) is 12.1 Å². The maximum Gasteiger partial charge on any atom is 0.408 e. The van der Waals surface area contributed by atoms with Gasteiger partial charge in [0.25, 0.3) is 0 Å². The third-order valence-electron chi connectivity index (χ3n) is 5.31. The molecule has 2 aromatic rings. The van der Waals surface area contributed by atoms with E-state index in [1.54, 1.807) is 18.2 Å². The molecule has 2 heterocycles. The molecule has 0 saturated carbocycles. The van der Waals surface area contributed by atoms with Crippen molar-refractivity contribution in [2.45, 2.75) is 29.9 Å². The summed E-state index contributed by atoms with van der Waals surface area (Å²) in [6.07, 6.45) is 1.04. The highest BCUT2D eigenvalue weighted by molar-refractivity contribution is 9.18. The Balaban J connectivity index is 1.37. The molecule has 2 atom stereocenters. The van der Waals surface area contributed by atoms with Crippen LogP contribution < -0.4 is 10.6 Å². The number of alkyl carbamates (subject to hydrolysis) is 1. The first-order valence-corrected chi connectivity index (χ1v) is 12.8. The van der Waals surface area contributed by atoms with Crippen LogP contribution in [-0.4, -0.2) is 50.3 Å². The quantitative estimate of drug-likeness (QED) is 0.523. The second-order valence-electron chi connectivity index (χ2n) is 7.76. The molecule has 34 heavy (non-hydrogen) atoms. The molecule has 9 nitrogen and oxygen atoms in total. The van der Waals surface area contributed by atoms with Gasteiger partial charge in [0.1, 0.15) is 17.3 Å². The molecule has 4 rings (SSSR count). The van der Waals surface area contributed by atoms with Crippen LogP contribution in [0.15, 0.2) is 69.6 Å². The van der Waals surface area contributed by atoms with Gasteiger partial charge in [0, 0.05) is 12.8 Å². The lowest BCUT2D eigenvalue weighted by molar-refractivity contribution is -0.123. The summed E-state index contributed by atoms with van der Waals surface area (Å²) in [4.78, 5) is 30.7. The molecule has 11 heteroatoms. The lowest BCUT2D eigenvalue weighted by Gasteiger charge is -2.19. The van der Waals surface area contributed by atoms with Crippen LogP contribution in [0.2, 0.25) is 0 Å². The summed E-state index contributed by atoms with van der Waals surface area (Å²) in [5.74, 6) is -0.424. The maximum absolute atomic E-state index is 12.8. The zero-order valence-corrected chi connectivity index (χ0v) is 20.3. The number of benzene rings is 2. The molecule has 2 aliphatic rings. The Hall–Kier alpha value is -3.18. The van der Waals surface area contributed by atoms with E-state index in [0.717, 1.165) is 5.56 Å². The van der Waals surface area contributed by atoms with Crippen molar-refractivity contribution in [2.24, 2.45) is 5.16 Å². The highest BCUT2D eigenvalue weighted by Gasteiger charge is 2.31. The van der Waals surface area contributed by atoms with E-state index in [0.29, 0.717) is 16.6 Å². The van der Waals surface area contributed by atoms with Gasteiger partial charge in [-0.1, -0.05) is 53.7 Å². The summed E-state index contributed by atoms with van der Waals surface area (Å²) in [7, 11) is -3.71. The van der Waals surface area contributed by atoms with Crippen LogP contribution in [0.4, 0.5) is 4.79 Å². The Morgan fingerprint density at radius 1 is 1.15 bits per heavy atom.